The lowest BCUT2D eigenvalue weighted by Gasteiger charge is -2.27. The molecule has 21 heavy (non-hydrogen) atoms. The van der Waals surface area contributed by atoms with Gasteiger partial charge in [-0.25, -0.2) is 0 Å². The minimum Gasteiger partial charge on any atom is -0.480 e. The number of hydrogen-bond donors (Lipinski definition) is 1. The summed E-state index contributed by atoms with van der Waals surface area (Å²) in [6.07, 6.45) is 0.0731. The van der Waals surface area contributed by atoms with Crippen molar-refractivity contribution in [3.63, 3.8) is 0 Å². The molecule has 0 bridgehead atoms. The summed E-state index contributed by atoms with van der Waals surface area (Å²) in [5, 5.41) is 9.66. The number of halogens is 1. The average Bonchev–Trinajstić information content (AvgIpc) is 2.47. The average molecular weight is 311 g/mol. The third kappa shape index (κ3) is 4.33. The number of carbonyl (C=O) groups is 2. The van der Waals surface area contributed by atoms with E-state index in [1.807, 2.05) is 6.07 Å². The van der Waals surface area contributed by atoms with Gasteiger partial charge in [0.05, 0.1) is 6.61 Å². The summed E-state index contributed by atoms with van der Waals surface area (Å²) in [4.78, 5) is 24.1. The molecule has 4 nitrogen and oxygen atoms in total. The molecule has 5 heteroatoms. The number of aliphatic carboxylic acids is 1. The first-order chi connectivity index (χ1) is 9.96. The Hall–Kier alpha value is -1.81. The van der Waals surface area contributed by atoms with Crippen molar-refractivity contribution in [3.05, 3.63) is 47.0 Å². The second-order valence-corrected chi connectivity index (χ2v) is 5.12. The number of carboxylic acid groups (broad SMARTS) is 1. The minimum absolute atomic E-state index is 0.0135. The second kappa shape index (κ2) is 7.84. The molecule has 0 saturated carbocycles. The fraction of sp³-hybridized carbons (Fsp3) is 0.375. The van der Waals surface area contributed by atoms with Gasteiger partial charge in [0.25, 0.3) is 0 Å². The van der Waals surface area contributed by atoms with Gasteiger partial charge in [-0.3, -0.25) is 9.59 Å². The molecule has 0 fully saturated rings. The number of hydrogen-bond acceptors (Lipinski definition) is 3. The Morgan fingerprint density at radius 2 is 1.95 bits per heavy atom. The lowest BCUT2D eigenvalue weighted by atomic mass is 9.76. The van der Waals surface area contributed by atoms with Crippen LogP contribution in [0.15, 0.2) is 41.4 Å². The smallest absolute Gasteiger partial charge is 0.324 e. The normalized spacial score (nSPS) is 14.3. The second-order valence-electron chi connectivity index (χ2n) is 4.90. The van der Waals surface area contributed by atoms with Gasteiger partial charge in [0.15, 0.2) is 5.41 Å². The standard InChI is InChI=1S/C16H19ClO4/c1-3-21-15(20)16(14(18)19,9-12(2)11-17)10-13-7-5-4-6-8-13/h4-8,11H,3,9-10H2,1-2H3,(H,18,19)/b12-11+. The number of benzene rings is 1. The van der Waals surface area contributed by atoms with Crippen LogP contribution in [0, 0.1) is 5.41 Å². The molecule has 1 aromatic carbocycles. The van der Waals surface area contributed by atoms with E-state index in [4.69, 9.17) is 16.3 Å². The molecular weight excluding hydrogens is 292 g/mol. The van der Waals surface area contributed by atoms with Crippen LogP contribution in [0.2, 0.25) is 0 Å². The van der Waals surface area contributed by atoms with Gasteiger partial charge in [-0.05, 0) is 32.3 Å². The first kappa shape index (κ1) is 17.2. The topological polar surface area (TPSA) is 63.6 Å². The van der Waals surface area contributed by atoms with Crippen LogP contribution in [0.4, 0.5) is 0 Å². The van der Waals surface area contributed by atoms with Crippen molar-refractivity contribution in [2.24, 2.45) is 5.41 Å². The fourth-order valence-corrected chi connectivity index (χ4v) is 2.25. The van der Waals surface area contributed by atoms with Crippen molar-refractivity contribution in [1.29, 1.82) is 0 Å². The lowest BCUT2D eigenvalue weighted by Crippen LogP contribution is -2.43. The summed E-state index contributed by atoms with van der Waals surface area (Å²) < 4.78 is 5.00. The summed E-state index contributed by atoms with van der Waals surface area (Å²) in [5.74, 6) is -1.94. The highest BCUT2D eigenvalue weighted by molar-refractivity contribution is 6.25. The molecule has 1 unspecified atom stereocenters. The quantitative estimate of drug-likeness (QED) is 0.619. The molecule has 0 saturated heterocycles. The molecule has 1 N–H and O–H groups in total. The Labute approximate surface area is 129 Å². The van der Waals surface area contributed by atoms with Crippen LogP contribution in [0.5, 0.6) is 0 Å². The maximum atomic E-state index is 12.3. The zero-order chi connectivity index (χ0) is 15.9. The number of ether oxygens (including phenoxy) is 1. The summed E-state index contributed by atoms with van der Waals surface area (Å²) >= 11 is 5.64. The molecule has 0 spiro atoms. The maximum absolute atomic E-state index is 12.3. The molecule has 1 atom stereocenters. The number of carbonyl (C=O) groups excluding carboxylic acids is 1. The van der Waals surface area contributed by atoms with Crippen molar-refractivity contribution in [1.82, 2.24) is 0 Å². The van der Waals surface area contributed by atoms with E-state index >= 15 is 0 Å². The van der Waals surface area contributed by atoms with Crippen molar-refractivity contribution in [3.8, 4) is 0 Å². The van der Waals surface area contributed by atoms with Crippen LogP contribution in [0.3, 0.4) is 0 Å². The SMILES string of the molecule is CCOC(=O)C(C/C(C)=C/Cl)(Cc1ccccc1)C(=O)O. The third-order valence-corrected chi connectivity index (χ3v) is 3.56. The Balaban J connectivity index is 3.23. The van der Waals surface area contributed by atoms with E-state index in [9.17, 15) is 14.7 Å². The van der Waals surface area contributed by atoms with Gasteiger partial charge >= 0.3 is 11.9 Å². The van der Waals surface area contributed by atoms with Crippen molar-refractivity contribution >= 4 is 23.5 Å². The van der Waals surface area contributed by atoms with E-state index in [2.05, 4.69) is 0 Å². The Kier molecular flexibility index (Phi) is 6.43. The summed E-state index contributed by atoms with van der Waals surface area (Å²) in [5.41, 5.74) is 1.01. The van der Waals surface area contributed by atoms with Crippen LogP contribution in [0.25, 0.3) is 0 Å². The van der Waals surface area contributed by atoms with E-state index in [0.717, 1.165) is 5.56 Å². The van der Waals surface area contributed by atoms with E-state index < -0.39 is 17.4 Å². The molecule has 0 aromatic heterocycles. The Bertz CT molecular complexity index is 524. The summed E-state index contributed by atoms with van der Waals surface area (Å²) in [6, 6.07) is 9.02. The number of carboxylic acids is 1. The first-order valence-corrected chi connectivity index (χ1v) is 7.10. The van der Waals surface area contributed by atoms with E-state index in [-0.39, 0.29) is 19.4 Å². The zero-order valence-electron chi connectivity index (χ0n) is 12.1. The fourth-order valence-electron chi connectivity index (χ4n) is 2.17. The molecule has 0 aliphatic heterocycles. The number of allylic oxidation sites excluding steroid dienone is 1. The third-order valence-electron chi connectivity index (χ3n) is 3.19. The highest BCUT2D eigenvalue weighted by atomic mass is 35.5. The van der Waals surface area contributed by atoms with Crippen LogP contribution >= 0.6 is 11.6 Å². The van der Waals surface area contributed by atoms with Gasteiger partial charge in [0.2, 0.25) is 0 Å². The predicted molar refractivity (Wildman–Crippen MR) is 81.1 cm³/mol. The lowest BCUT2D eigenvalue weighted by molar-refractivity contribution is -0.168. The first-order valence-electron chi connectivity index (χ1n) is 6.66. The zero-order valence-corrected chi connectivity index (χ0v) is 12.9. The predicted octanol–water partition coefficient (Wildman–Crippen LogP) is 3.40. The minimum atomic E-state index is -1.66. The molecule has 1 aromatic rings. The van der Waals surface area contributed by atoms with Crippen LogP contribution in [0.1, 0.15) is 25.8 Å². The van der Waals surface area contributed by atoms with Gasteiger partial charge in [-0.2, -0.15) is 0 Å². The summed E-state index contributed by atoms with van der Waals surface area (Å²) in [6.45, 7) is 3.47. The number of esters is 1. The van der Waals surface area contributed by atoms with E-state index in [1.54, 1.807) is 38.1 Å². The number of rotatable bonds is 7. The Morgan fingerprint density at radius 1 is 1.33 bits per heavy atom. The molecule has 0 radical (unpaired) electrons. The molecule has 114 valence electrons. The van der Waals surface area contributed by atoms with Crippen molar-refractivity contribution < 1.29 is 19.4 Å². The van der Waals surface area contributed by atoms with Crippen LogP contribution in [-0.2, 0) is 20.7 Å². The monoisotopic (exact) mass is 310 g/mol. The van der Waals surface area contributed by atoms with Gasteiger partial charge < -0.3 is 9.84 Å². The van der Waals surface area contributed by atoms with Gasteiger partial charge in [0, 0.05) is 5.54 Å². The molecule has 0 heterocycles. The van der Waals surface area contributed by atoms with Gasteiger partial charge in [-0.1, -0.05) is 47.5 Å². The van der Waals surface area contributed by atoms with Gasteiger partial charge in [0.1, 0.15) is 0 Å². The molecule has 0 aliphatic carbocycles. The van der Waals surface area contributed by atoms with Crippen molar-refractivity contribution in [2.75, 3.05) is 6.61 Å². The molecule has 0 aliphatic rings. The van der Waals surface area contributed by atoms with Crippen LogP contribution in [-0.4, -0.2) is 23.7 Å². The Morgan fingerprint density at radius 3 is 2.43 bits per heavy atom. The highest BCUT2D eigenvalue weighted by Crippen LogP contribution is 2.33. The highest BCUT2D eigenvalue weighted by Gasteiger charge is 2.47. The molecule has 0 amide bonds. The van der Waals surface area contributed by atoms with E-state index in [0.29, 0.717) is 5.57 Å². The van der Waals surface area contributed by atoms with E-state index in [1.165, 1.54) is 5.54 Å². The molecule has 1 rings (SSSR count). The largest absolute Gasteiger partial charge is 0.480 e. The van der Waals surface area contributed by atoms with Gasteiger partial charge in [-0.15, -0.1) is 0 Å². The molecular formula is C16H19ClO4. The van der Waals surface area contributed by atoms with Crippen molar-refractivity contribution in [2.45, 2.75) is 26.7 Å². The maximum Gasteiger partial charge on any atom is 0.324 e. The van der Waals surface area contributed by atoms with Crippen LogP contribution < -0.4 is 0 Å². The summed E-state index contributed by atoms with van der Waals surface area (Å²) in [7, 11) is 0.